The molecule has 1 aromatic carbocycles. The molecule has 0 aliphatic heterocycles. The van der Waals surface area contributed by atoms with Crippen molar-refractivity contribution in [2.75, 3.05) is 0 Å². The van der Waals surface area contributed by atoms with Crippen LogP contribution in [0.1, 0.15) is 0 Å². The van der Waals surface area contributed by atoms with Crippen molar-refractivity contribution in [3.63, 3.8) is 0 Å². The lowest BCUT2D eigenvalue weighted by Crippen LogP contribution is -2.22. The minimum absolute atomic E-state index is 0.0559. The quantitative estimate of drug-likeness (QED) is 0.681. The van der Waals surface area contributed by atoms with Gasteiger partial charge < -0.3 is 4.79 Å². The molecule has 2 rings (SSSR count). The Bertz CT molecular complexity index is 583. The van der Waals surface area contributed by atoms with Crippen LogP contribution in [0, 0.1) is 5.82 Å². The minimum Gasteiger partial charge on any atom is -0.301 e. The van der Waals surface area contributed by atoms with E-state index in [2.05, 4.69) is 0 Å². The normalized spacial score (nSPS) is 10.8. The Kier molecular flexibility index (Phi) is 2.15. The van der Waals surface area contributed by atoms with Gasteiger partial charge in [0.05, 0.1) is 12.1 Å². The Balaban J connectivity index is 2.93. The summed E-state index contributed by atoms with van der Waals surface area (Å²) >= 11 is 0. The molecule has 0 unspecified atom stereocenters. The third-order valence-electron chi connectivity index (χ3n) is 2.37. The monoisotopic (exact) mass is 208 g/mol. The number of carbonyl (C=O) groups is 1. The summed E-state index contributed by atoms with van der Waals surface area (Å²) in [5.41, 5.74) is 0.279. The first-order valence-electron chi connectivity index (χ1n) is 4.44. The van der Waals surface area contributed by atoms with E-state index in [1.807, 2.05) is 0 Å². The number of carbonyl (C=O) groups excluding carboxylic acids is 1. The van der Waals surface area contributed by atoms with Crippen LogP contribution < -0.4 is 5.69 Å². The van der Waals surface area contributed by atoms with Gasteiger partial charge in [-0.25, -0.2) is 9.18 Å². The number of aldehydes is 1. The highest BCUT2D eigenvalue weighted by atomic mass is 19.1. The van der Waals surface area contributed by atoms with Gasteiger partial charge in [0.15, 0.2) is 0 Å². The molecular formula is C10H9FN2O2. The molecule has 0 spiro atoms. The second-order valence-electron chi connectivity index (χ2n) is 3.23. The van der Waals surface area contributed by atoms with E-state index in [0.717, 1.165) is 0 Å². The van der Waals surface area contributed by atoms with Crippen LogP contribution in [0.25, 0.3) is 11.0 Å². The standard InChI is InChI=1S/C10H9FN2O2/c1-12-9-7(11)3-2-4-8(9)13(5-6-14)10(12)15/h2-4,6H,5H2,1H3. The first-order chi connectivity index (χ1) is 7.16. The highest BCUT2D eigenvalue weighted by Gasteiger charge is 2.12. The molecule has 0 atom stereocenters. The van der Waals surface area contributed by atoms with Crippen molar-refractivity contribution >= 4 is 17.3 Å². The van der Waals surface area contributed by atoms with Crippen molar-refractivity contribution in [1.82, 2.24) is 9.13 Å². The zero-order chi connectivity index (χ0) is 11.0. The molecule has 78 valence electrons. The Labute approximate surface area is 84.5 Å². The number of hydrogen-bond donors (Lipinski definition) is 0. The Hall–Kier alpha value is -1.91. The summed E-state index contributed by atoms with van der Waals surface area (Å²) in [5.74, 6) is -0.461. The van der Waals surface area contributed by atoms with Gasteiger partial charge in [-0.2, -0.15) is 0 Å². The van der Waals surface area contributed by atoms with Crippen molar-refractivity contribution in [3.05, 3.63) is 34.5 Å². The fourth-order valence-electron chi connectivity index (χ4n) is 1.68. The molecule has 15 heavy (non-hydrogen) atoms. The zero-order valence-corrected chi connectivity index (χ0v) is 8.11. The molecule has 0 amide bonds. The lowest BCUT2D eigenvalue weighted by atomic mass is 10.3. The fourth-order valence-corrected chi connectivity index (χ4v) is 1.68. The van der Waals surface area contributed by atoms with Gasteiger partial charge in [0.2, 0.25) is 0 Å². The van der Waals surface area contributed by atoms with Gasteiger partial charge in [-0.15, -0.1) is 0 Å². The summed E-state index contributed by atoms with van der Waals surface area (Å²) in [6.45, 7) is -0.0559. The van der Waals surface area contributed by atoms with Crippen LogP contribution in [0.5, 0.6) is 0 Å². The fraction of sp³-hybridized carbons (Fsp3) is 0.200. The molecule has 2 aromatic rings. The second kappa shape index (κ2) is 3.34. The highest BCUT2D eigenvalue weighted by molar-refractivity contribution is 5.77. The average molecular weight is 208 g/mol. The van der Waals surface area contributed by atoms with Gasteiger partial charge in [-0.05, 0) is 12.1 Å². The SMILES string of the molecule is Cn1c(=O)n(CC=O)c2cccc(F)c21. The number of halogens is 1. The summed E-state index contributed by atoms with van der Waals surface area (Å²) in [6.07, 6.45) is 0.617. The number of imidazole rings is 1. The number of hydrogen-bond acceptors (Lipinski definition) is 2. The molecule has 1 heterocycles. The van der Waals surface area contributed by atoms with Crippen LogP contribution in [0.4, 0.5) is 4.39 Å². The Morgan fingerprint density at radius 1 is 1.47 bits per heavy atom. The number of rotatable bonds is 2. The van der Waals surface area contributed by atoms with Crippen LogP contribution in [0.3, 0.4) is 0 Å². The van der Waals surface area contributed by atoms with Crippen LogP contribution in [-0.4, -0.2) is 15.4 Å². The summed E-state index contributed by atoms with van der Waals surface area (Å²) in [4.78, 5) is 22.0. The summed E-state index contributed by atoms with van der Waals surface area (Å²) in [6, 6.07) is 4.41. The van der Waals surface area contributed by atoms with Gasteiger partial charge in [0.1, 0.15) is 17.6 Å². The molecule has 0 aliphatic rings. The molecule has 0 bridgehead atoms. The number of aryl methyl sites for hydroxylation is 1. The maximum Gasteiger partial charge on any atom is 0.329 e. The van der Waals surface area contributed by atoms with E-state index in [1.165, 1.54) is 28.3 Å². The van der Waals surface area contributed by atoms with E-state index in [4.69, 9.17) is 0 Å². The van der Waals surface area contributed by atoms with Crippen molar-refractivity contribution in [2.45, 2.75) is 6.54 Å². The first kappa shape index (κ1) is 9.64. The molecule has 4 nitrogen and oxygen atoms in total. The number of para-hydroxylation sites is 1. The predicted octanol–water partition coefficient (Wildman–Crippen LogP) is 0.678. The van der Waals surface area contributed by atoms with Crippen molar-refractivity contribution in [1.29, 1.82) is 0 Å². The van der Waals surface area contributed by atoms with E-state index >= 15 is 0 Å². The molecule has 0 saturated heterocycles. The topological polar surface area (TPSA) is 44.0 Å². The lowest BCUT2D eigenvalue weighted by Gasteiger charge is -1.96. The van der Waals surface area contributed by atoms with E-state index in [1.54, 1.807) is 6.07 Å². The van der Waals surface area contributed by atoms with Crippen molar-refractivity contribution < 1.29 is 9.18 Å². The van der Waals surface area contributed by atoms with E-state index in [-0.39, 0.29) is 17.8 Å². The molecule has 0 N–H and O–H groups in total. The number of benzene rings is 1. The molecule has 0 radical (unpaired) electrons. The number of nitrogens with zero attached hydrogens (tertiary/aromatic N) is 2. The Morgan fingerprint density at radius 3 is 2.87 bits per heavy atom. The third kappa shape index (κ3) is 1.27. The summed E-state index contributed by atoms with van der Waals surface area (Å²) in [7, 11) is 1.48. The maximum absolute atomic E-state index is 13.4. The van der Waals surface area contributed by atoms with Crippen molar-refractivity contribution in [3.8, 4) is 0 Å². The minimum atomic E-state index is -0.461. The van der Waals surface area contributed by atoms with Gasteiger partial charge in [-0.1, -0.05) is 6.07 Å². The van der Waals surface area contributed by atoms with E-state index in [9.17, 15) is 14.0 Å². The molecule has 0 fully saturated rings. The van der Waals surface area contributed by atoms with Crippen molar-refractivity contribution in [2.24, 2.45) is 7.05 Å². The molecule has 1 aromatic heterocycles. The summed E-state index contributed by atoms with van der Waals surface area (Å²) < 4.78 is 15.9. The highest BCUT2D eigenvalue weighted by Crippen LogP contribution is 2.15. The largest absolute Gasteiger partial charge is 0.329 e. The Morgan fingerprint density at radius 2 is 2.20 bits per heavy atom. The third-order valence-corrected chi connectivity index (χ3v) is 2.37. The van der Waals surface area contributed by atoms with Gasteiger partial charge >= 0.3 is 5.69 Å². The van der Waals surface area contributed by atoms with Crippen LogP contribution in [0.15, 0.2) is 23.0 Å². The molecule has 0 aliphatic carbocycles. The molecular weight excluding hydrogens is 199 g/mol. The molecule has 0 saturated carbocycles. The van der Waals surface area contributed by atoms with Crippen LogP contribution in [0.2, 0.25) is 0 Å². The van der Waals surface area contributed by atoms with Gasteiger partial charge in [-0.3, -0.25) is 9.13 Å². The van der Waals surface area contributed by atoms with Crippen LogP contribution >= 0.6 is 0 Å². The van der Waals surface area contributed by atoms with Crippen LogP contribution in [-0.2, 0) is 18.4 Å². The van der Waals surface area contributed by atoms with Gasteiger partial charge in [0.25, 0.3) is 0 Å². The molecule has 5 heteroatoms. The predicted molar refractivity (Wildman–Crippen MR) is 53.2 cm³/mol. The smallest absolute Gasteiger partial charge is 0.301 e. The lowest BCUT2D eigenvalue weighted by molar-refractivity contribution is -0.108. The number of fused-ring (bicyclic) bond motifs is 1. The first-order valence-corrected chi connectivity index (χ1v) is 4.44. The summed E-state index contributed by atoms with van der Waals surface area (Å²) in [5, 5.41) is 0. The zero-order valence-electron chi connectivity index (χ0n) is 8.11. The van der Waals surface area contributed by atoms with E-state index < -0.39 is 5.82 Å². The second-order valence-corrected chi connectivity index (χ2v) is 3.23. The maximum atomic E-state index is 13.4. The van der Waals surface area contributed by atoms with E-state index in [0.29, 0.717) is 11.8 Å². The average Bonchev–Trinajstić information content (AvgIpc) is 2.45. The number of aromatic nitrogens is 2. The van der Waals surface area contributed by atoms with Gasteiger partial charge in [0, 0.05) is 7.05 Å².